The summed E-state index contributed by atoms with van der Waals surface area (Å²) in [7, 11) is -9.37. The largest absolute Gasteiger partial charge is 0.558 e. The number of hydrogen-bond acceptors (Lipinski definition) is 7. The number of hydrogen-bond donors (Lipinski definition) is 6. The van der Waals surface area contributed by atoms with Crippen molar-refractivity contribution < 1.29 is 47.2 Å². The van der Waals surface area contributed by atoms with Gasteiger partial charge >= 0.3 is 20.5 Å². The van der Waals surface area contributed by atoms with Crippen LogP contribution in [0.4, 0.5) is 0 Å². The smallest absolute Gasteiger partial charge is 0.430 e. The minimum Gasteiger partial charge on any atom is -0.558 e. The van der Waals surface area contributed by atoms with Crippen LogP contribution in [-0.4, -0.2) is 52.5 Å². The summed E-state index contributed by atoms with van der Waals surface area (Å²) in [5.74, 6) is -1.93. The monoisotopic (exact) mass is 370 g/mol. The molecule has 0 unspecified atom stereocenters. The van der Waals surface area contributed by atoms with Crippen LogP contribution in [0.5, 0.6) is 0 Å². The molecule has 1 aromatic carbocycles. The number of carbonyl (C=O) groups is 1. The number of carboxylic acids is 1. The second-order valence-corrected chi connectivity index (χ2v) is 7.57. The number of carboxylic acid groups (broad SMARTS) is 1. The van der Waals surface area contributed by atoms with Crippen LogP contribution in [0.2, 0.25) is 0 Å². The molecule has 0 saturated carbocycles. The number of sulfonamides is 1. The Morgan fingerprint density at radius 2 is 1.91 bits per heavy atom. The minimum atomic E-state index is -5.23. The Labute approximate surface area is 130 Å². The first-order valence-electron chi connectivity index (χ1n) is 5.96. The van der Waals surface area contributed by atoms with Gasteiger partial charge in [-0.25, -0.2) is 22.5 Å². The van der Waals surface area contributed by atoms with Crippen molar-refractivity contribution in [2.24, 2.45) is 0 Å². The minimum absolute atomic E-state index is 0.113. The van der Waals surface area contributed by atoms with Gasteiger partial charge in [0.2, 0.25) is 10.0 Å². The van der Waals surface area contributed by atoms with E-state index >= 15 is 0 Å². The lowest BCUT2D eigenvalue weighted by molar-refractivity contribution is 0.0696. The molecule has 6 N–H and O–H groups in total. The normalized spacial score (nSPS) is 13.0. The van der Waals surface area contributed by atoms with Gasteiger partial charge in [0.25, 0.3) is 0 Å². The molecule has 14 heteroatoms. The van der Waals surface area contributed by atoms with Gasteiger partial charge in [0, 0.05) is 0 Å². The van der Waals surface area contributed by atoms with Crippen molar-refractivity contribution in [3.8, 4) is 0 Å². The van der Waals surface area contributed by atoms with Gasteiger partial charge in [0.05, 0.1) is 11.3 Å². The zero-order valence-electron chi connectivity index (χ0n) is 11.4. The molecule has 0 aliphatic rings. The summed E-state index contributed by atoms with van der Waals surface area (Å²) in [6.07, 6.45) is -1.19. The molecule has 0 aliphatic carbocycles. The van der Waals surface area contributed by atoms with Crippen LogP contribution in [0.25, 0.3) is 0 Å². The fourth-order valence-electron chi connectivity index (χ4n) is 1.56. The van der Waals surface area contributed by atoms with Crippen molar-refractivity contribution in [3.63, 3.8) is 0 Å². The third-order valence-electron chi connectivity index (χ3n) is 2.41. The Balaban J connectivity index is 2.75. The maximum Gasteiger partial charge on any atom is 0.430 e. The van der Waals surface area contributed by atoms with Crippen LogP contribution in [0.15, 0.2) is 24.3 Å². The highest BCUT2D eigenvalue weighted by atomic mass is 32.2. The van der Waals surface area contributed by atoms with Crippen molar-refractivity contribution in [2.45, 2.75) is 5.75 Å². The maximum absolute atomic E-state index is 11.8. The van der Waals surface area contributed by atoms with E-state index in [1.165, 1.54) is 18.2 Å². The van der Waals surface area contributed by atoms with Crippen LogP contribution >= 0.6 is 7.82 Å². The average molecular weight is 370 g/mol. The van der Waals surface area contributed by atoms with E-state index in [4.69, 9.17) is 14.9 Å². The highest BCUT2D eigenvalue weighted by Gasteiger charge is 2.30. The van der Waals surface area contributed by atoms with Crippen molar-refractivity contribution in [1.29, 1.82) is 0 Å². The zero-order valence-corrected chi connectivity index (χ0v) is 13.1. The highest BCUT2D eigenvalue weighted by Crippen LogP contribution is 2.38. The number of phosphoric acid groups is 1. The SMILES string of the molecule is O=C(O)c1cccc(CS(=O)(=O)NC[B-](O)(O)OP(=O)(O)O)c1. The molecule has 0 fully saturated rings. The summed E-state index contributed by atoms with van der Waals surface area (Å²) in [5.41, 5.74) is -0.0206. The second kappa shape index (κ2) is 7.07. The van der Waals surface area contributed by atoms with Crippen LogP contribution < -0.4 is 4.72 Å². The van der Waals surface area contributed by atoms with Gasteiger partial charge in [0.1, 0.15) is 0 Å². The first-order valence-corrected chi connectivity index (χ1v) is 9.14. The van der Waals surface area contributed by atoms with E-state index in [1.807, 2.05) is 0 Å². The predicted molar refractivity (Wildman–Crippen MR) is 77.3 cm³/mol. The average Bonchev–Trinajstić information content (AvgIpc) is 2.34. The van der Waals surface area contributed by atoms with Crippen molar-refractivity contribution in [1.82, 2.24) is 4.72 Å². The van der Waals surface area contributed by atoms with Crippen molar-refractivity contribution in [2.75, 3.05) is 6.44 Å². The fourth-order valence-corrected chi connectivity index (χ4v) is 3.26. The molecule has 0 aromatic heterocycles. The summed E-state index contributed by atoms with van der Waals surface area (Å²) in [6, 6.07) is 5.05. The lowest BCUT2D eigenvalue weighted by Crippen LogP contribution is -2.50. The van der Waals surface area contributed by atoms with Gasteiger partial charge in [-0.3, -0.25) is 0 Å². The first-order chi connectivity index (χ1) is 10.3. The van der Waals surface area contributed by atoms with E-state index in [0.717, 1.165) is 6.07 Å². The predicted octanol–water partition coefficient (Wildman–Crippen LogP) is -1.62. The summed E-state index contributed by atoms with van der Waals surface area (Å²) in [5, 5.41) is 27.2. The van der Waals surface area contributed by atoms with Gasteiger partial charge in [-0.2, -0.15) is 0 Å². The molecule has 23 heavy (non-hydrogen) atoms. The van der Waals surface area contributed by atoms with E-state index in [0.29, 0.717) is 0 Å². The molecule has 0 bridgehead atoms. The number of rotatable bonds is 8. The number of nitrogens with one attached hydrogen (secondary N) is 1. The molecule has 0 radical (unpaired) electrons. The Kier molecular flexibility index (Phi) is 6.07. The lowest BCUT2D eigenvalue weighted by atomic mass is 9.81. The van der Waals surface area contributed by atoms with Crippen molar-refractivity contribution >= 4 is 30.6 Å². The Bertz CT molecular complexity index is 730. The van der Waals surface area contributed by atoms with Gasteiger partial charge in [-0.1, -0.05) is 12.1 Å². The molecule has 0 spiro atoms. The van der Waals surface area contributed by atoms with Gasteiger partial charge in [-0.15, -0.1) is 0 Å². The third kappa shape index (κ3) is 7.68. The van der Waals surface area contributed by atoms with Gasteiger partial charge in [-0.05, 0) is 24.1 Å². The third-order valence-corrected chi connectivity index (χ3v) is 4.34. The van der Waals surface area contributed by atoms with E-state index in [-0.39, 0.29) is 11.1 Å². The standard InChI is InChI=1S/C9H14BNO10PS/c12-9(13)8-3-1-2-7(4-8)5-23(19,20)11-6-10(14,15)21-22(16,17)18/h1-4,11,14-15H,5-6H2,(H,12,13)(H2,16,17,18)/q-1. The topological polar surface area (TPSA) is 191 Å². The van der Waals surface area contributed by atoms with Crippen LogP contribution in [0.3, 0.4) is 0 Å². The maximum atomic E-state index is 11.8. The summed E-state index contributed by atoms with van der Waals surface area (Å²) < 4.78 is 39.4. The number of benzene rings is 1. The van der Waals surface area contributed by atoms with E-state index in [1.54, 1.807) is 4.72 Å². The van der Waals surface area contributed by atoms with E-state index in [2.05, 4.69) is 4.44 Å². The first kappa shape index (κ1) is 19.7. The quantitative estimate of drug-likeness (QED) is 0.229. The summed E-state index contributed by atoms with van der Waals surface area (Å²) in [4.78, 5) is 27.7. The van der Waals surface area contributed by atoms with Gasteiger partial charge in [0.15, 0.2) is 0 Å². The Morgan fingerprint density at radius 3 is 2.43 bits per heavy atom. The second-order valence-electron chi connectivity index (χ2n) is 4.57. The fraction of sp³-hybridized carbons (Fsp3) is 0.222. The Hall–Kier alpha value is -1.31. The molecule has 0 amide bonds. The molecule has 1 rings (SSSR count). The summed E-state index contributed by atoms with van der Waals surface area (Å²) >= 11 is 0. The van der Waals surface area contributed by atoms with Crippen LogP contribution in [0.1, 0.15) is 15.9 Å². The molecular formula is C9H14BNO10PS-. The lowest BCUT2D eigenvalue weighted by Gasteiger charge is -2.29. The molecule has 0 atom stereocenters. The molecular weight excluding hydrogens is 356 g/mol. The molecule has 0 heterocycles. The Morgan fingerprint density at radius 1 is 1.30 bits per heavy atom. The van der Waals surface area contributed by atoms with Gasteiger partial charge < -0.3 is 29.4 Å². The van der Waals surface area contributed by atoms with Crippen LogP contribution in [-0.2, 0) is 24.8 Å². The number of aromatic carboxylic acids is 1. The summed E-state index contributed by atoms with van der Waals surface area (Å²) in [6.45, 7) is -4.11. The molecule has 0 aliphatic heterocycles. The van der Waals surface area contributed by atoms with E-state index < -0.39 is 42.8 Å². The molecule has 11 nitrogen and oxygen atoms in total. The molecule has 130 valence electrons. The van der Waals surface area contributed by atoms with E-state index in [9.17, 15) is 27.8 Å². The van der Waals surface area contributed by atoms with Crippen molar-refractivity contribution in [3.05, 3.63) is 35.4 Å². The molecule has 0 saturated heterocycles. The van der Waals surface area contributed by atoms with Crippen LogP contribution in [0, 0.1) is 0 Å². The zero-order chi connectivity index (χ0) is 17.9. The molecule has 1 aromatic rings. The highest BCUT2D eigenvalue weighted by molar-refractivity contribution is 7.88.